The number of Topliss-reactive ketones (excluding diaryl/α,β-unsaturated/α-hetero) is 1. The number of rotatable bonds is 12. The van der Waals surface area contributed by atoms with E-state index in [1.54, 1.807) is 12.1 Å². The summed E-state index contributed by atoms with van der Waals surface area (Å²) in [7, 11) is 0. The molecule has 3 rings (SSSR count). The van der Waals surface area contributed by atoms with E-state index in [0.29, 0.717) is 22.4 Å². The summed E-state index contributed by atoms with van der Waals surface area (Å²) in [6.45, 7) is 0.335. The summed E-state index contributed by atoms with van der Waals surface area (Å²) >= 11 is 3.39. The summed E-state index contributed by atoms with van der Waals surface area (Å²) in [5.41, 5.74) is 7.34. The fourth-order valence-electron chi connectivity index (χ4n) is 3.57. The minimum absolute atomic E-state index is 0.0376. The topological polar surface area (TPSA) is 226 Å². The number of amides is 1. The number of benzene rings is 2. The average Bonchev–Trinajstić information content (AvgIpc) is 3.36. The van der Waals surface area contributed by atoms with Crippen LogP contribution in [-0.2, 0) is 32.0 Å². The first-order chi connectivity index (χ1) is 20.0. The molecule has 0 saturated carbocycles. The standard InChI is InChI=1S/C24H24BrN3O8.C2HF3O2/c25-17-7-13-5-6-35-20(13)10-16(17)23(32)28-15(3-4-21(30)31)11-36-19-9-14(22(26)27)2-1-12(19)8-18(29)24(33)34;3-2(4,5)1(6)7/h1-2,7,9-10,15H,3-6,8,11H2,(H3,26,27)(H,28,32)(H,30,31)(H,33,34);(H,6,7)/t15-;/m1./s1. The van der Waals surface area contributed by atoms with E-state index in [0.717, 1.165) is 12.0 Å². The van der Waals surface area contributed by atoms with E-state index in [9.17, 15) is 32.3 Å². The van der Waals surface area contributed by atoms with Crippen molar-refractivity contribution < 1.29 is 61.9 Å². The molecule has 17 heteroatoms. The number of nitrogens with one attached hydrogen (secondary N) is 2. The van der Waals surface area contributed by atoms with Gasteiger partial charge in [0.1, 0.15) is 23.9 Å². The second kappa shape index (κ2) is 15.0. The number of nitrogen functional groups attached to an aromatic ring is 1. The van der Waals surface area contributed by atoms with Gasteiger partial charge in [0.25, 0.3) is 5.91 Å². The Labute approximate surface area is 249 Å². The number of alkyl halides is 3. The van der Waals surface area contributed by atoms with Gasteiger partial charge in [-0.2, -0.15) is 13.2 Å². The van der Waals surface area contributed by atoms with Crippen LogP contribution in [0.5, 0.6) is 11.5 Å². The van der Waals surface area contributed by atoms with Crippen molar-refractivity contribution in [3.8, 4) is 11.5 Å². The monoisotopic (exact) mass is 675 g/mol. The van der Waals surface area contributed by atoms with E-state index >= 15 is 0 Å². The van der Waals surface area contributed by atoms with Crippen molar-refractivity contribution in [3.05, 3.63) is 57.1 Å². The molecule has 7 N–H and O–H groups in total. The van der Waals surface area contributed by atoms with Gasteiger partial charge in [-0.05, 0) is 46.1 Å². The fraction of sp³-hybridized carbons (Fsp3) is 0.308. The molecule has 1 aliphatic rings. The molecule has 2 aromatic rings. The van der Waals surface area contributed by atoms with Gasteiger partial charge in [-0.1, -0.05) is 12.1 Å². The Morgan fingerprint density at radius 2 is 1.77 bits per heavy atom. The summed E-state index contributed by atoms with van der Waals surface area (Å²) in [4.78, 5) is 55.8. The predicted molar refractivity (Wildman–Crippen MR) is 144 cm³/mol. The first-order valence-corrected chi connectivity index (χ1v) is 12.9. The lowest BCUT2D eigenvalue weighted by molar-refractivity contribution is -0.192. The van der Waals surface area contributed by atoms with Crippen LogP contribution in [-0.4, -0.2) is 76.2 Å². The zero-order valence-corrected chi connectivity index (χ0v) is 23.6. The highest BCUT2D eigenvalue weighted by atomic mass is 79.9. The van der Waals surface area contributed by atoms with E-state index in [-0.39, 0.29) is 42.2 Å². The number of ether oxygens (including phenoxy) is 2. The van der Waals surface area contributed by atoms with Crippen LogP contribution in [0.1, 0.15) is 39.9 Å². The highest BCUT2D eigenvalue weighted by Gasteiger charge is 2.38. The molecule has 2 aromatic carbocycles. The summed E-state index contributed by atoms with van der Waals surface area (Å²) < 4.78 is 43.6. The number of carbonyl (C=O) groups excluding carboxylic acids is 2. The van der Waals surface area contributed by atoms with E-state index in [4.69, 9.17) is 40.7 Å². The van der Waals surface area contributed by atoms with E-state index in [1.807, 2.05) is 0 Å². The van der Waals surface area contributed by atoms with Gasteiger partial charge in [-0.15, -0.1) is 0 Å². The minimum atomic E-state index is -5.08. The molecule has 1 heterocycles. The Bertz CT molecular complexity index is 1430. The number of fused-ring (bicyclic) bond motifs is 1. The van der Waals surface area contributed by atoms with Crippen molar-refractivity contribution in [1.29, 1.82) is 5.41 Å². The Kier molecular flexibility index (Phi) is 12.0. The lowest BCUT2D eigenvalue weighted by atomic mass is 10.0. The van der Waals surface area contributed by atoms with Crippen LogP contribution in [0.2, 0.25) is 0 Å². The molecule has 13 nitrogen and oxygen atoms in total. The number of hydrogen-bond acceptors (Lipinski definition) is 8. The Hall–Kier alpha value is -4.67. The van der Waals surface area contributed by atoms with Crippen LogP contribution in [0, 0.1) is 5.41 Å². The van der Waals surface area contributed by atoms with E-state index in [2.05, 4.69) is 21.2 Å². The van der Waals surface area contributed by atoms with E-state index < -0.39 is 48.2 Å². The molecule has 0 aliphatic carbocycles. The molecular formula is C26H25BrF3N3O10. The number of carboxylic acid groups (broad SMARTS) is 3. The third-order valence-corrected chi connectivity index (χ3v) is 6.37. The lowest BCUT2D eigenvalue weighted by Crippen LogP contribution is -2.39. The molecule has 0 radical (unpaired) electrons. The van der Waals surface area contributed by atoms with Gasteiger partial charge in [-0.25, -0.2) is 9.59 Å². The fourth-order valence-corrected chi connectivity index (χ4v) is 4.14. The second-order valence-electron chi connectivity index (χ2n) is 8.90. The first kappa shape index (κ1) is 34.5. The molecule has 0 aromatic heterocycles. The number of carboxylic acids is 3. The van der Waals surface area contributed by atoms with Gasteiger partial charge in [0, 0.05) is 34.9 Å². The van der Waals surface area contributed by atoms with Crippen molar-refractivity contribution in [2.24, 2.45) is 5.73 Å². The SMILES string of the molecule is N=C(N)c1ccc(CC(=O)C(=O)O)c(OC[C@@H](CCC(=O)O)NC(=O)c2cc3c(cc2Br)CCO3)c1.O=C(O)C(F)(F)F. The van der Waals surface area contributed by atoms with Crippen LogP contribution in [0.15, 0.2) is 34.8 Å². The zero-order valence-electron chi connectivity index (χ0n) is 22.0. The summed E-state index contributed by atoms with van der Waals surface area (Å²) in [6.07, 6.45) is -5.02. The molecule has 1 atom stereocenters. The Morgan fingerprint density at radius 1 is 1.12 bits per heavy atom. The molecular weight excluding hydrogens is 651 g/mol. The summed E-state index contributed by atoms with van der Waals surface area (Å²) in [5.74, 6) is -6.52. The maximum Gasteiger partial charge on any atom is 0.490 e. The third-order valence-electron chi connectivity index (χ3n) is 5.72. The molecule has 0 unspecified atom stereocenters. The first-order valence-electron chi connectivity index (χ1n) is 12.1. The molecule has 0 bridgehead atoms. The Morgan fingerprint density at radius 3 is 2.33 bits per heavy atom. The van der Waals surface area contributed by atoms with Crippen molar-refractivity contribution in [3.63, 3.8) is 0 Å². The summed E-state index contributed by atoms with van der Waals surface area (Å²) in [5, 5.41) is 35.6. The second-order valence-corrected chi connectivity index (χ2v) is 9.75. The number of amidine groups is 1. The van der Waals surface area contributed by atoms with Crippen LogP contribution >= 0.6 is 15.9 Å². The number of carbonyl (C=O) groups is 5. The highest BCUT2D eigenvalue weighted by molar-refractivity contribution is 9.10. The largest absolute Gasteiger partial charge is 0.493 e. The van der Waals surface area contributed by atoms with Gasteiger partial charge >= 0.3 is 24.1 Å². The van der Waals surface area contributed by atoms with Gasteiger partial charge in [-0.3, -0.25) is 19.8 Å². The van der Waals surface area contributed by atoms with Crippen LogP contribution in [0.25, 0.3) is 0 Å². The molecule has 232 valence electrons. The zero-order chi connectivity index (χ0) is 32.5. The summed E-state index contributed by atoms with van der Waals surface area (Å²) in [6, 6.07) is 6.94. The number of halogens is 4. The molecule has 43 heavy (non-hydrogen) atoms. The Balaban J connectivity index is 0.000000821. The van der Waals surface area contributed by atoms with Gasteiger partial charge in [0.15, 0.2) is 0 Å². The molecule has 1 aliphatic heterocycles. The number of ketones is 1. The third kappa shape index (κ3) is 10.6. The molecule has 0 spiro atoms. The normalized spacial score (nSPS) is 12.5. The lowest BCUT2D eigenvalue weighted by Gasteiger charge is -2.21. The molecule has 0 fully saturated rings. The maximum absolute atomic E-state index is 13.0. The van der Waals surface area contributed by atoms with Crippen LogP contribution in [0.4, 0.5) is 13.2 Å². The number of nitrogens with two attached hydrogens (primary N) is 1. The minimum Gasteiger partial charge on any atom is -0.493 e. The molecule has 0 saturated heterocycles. The van der Waals surface area contributed by atoms with Gasteiger partial charge in [0.2, 0.25) is 5.78 Å². The maximum atomic E-state index is 13.0. The smallest absolute Gasteiger partial charge is 0.490 e. The van der Waals surface area contributed by atoms with Crippen LogP contribution in [0.3, 0.4) is 0 Å². The number of aliphatic carboxylic acids is 3. The highest BCUT2D eigenvalue weighted by Crippen LogP contribution is 2.31. The van der Waals surface area contributed by atoms with Gasteiger partial charge in [0.05, 0.1) is 18.2 Å². The van der Waals surface area contributed by atoms with Crippen molar-refractivity contribution in [2.45, 2.75) is 37.9 Å². The average molecular weight is 676 g/mol. The predicted octanol–water partition coefficient (Wildman–Crippen LogP) is 2.54. The quantitative estimate of drug-likeness (QED) is 0.109. The van der Waals surface area contributed by atoms with E-state index in [1.165, 1.54) is 18.2 Å². The van der Waals surface area contributed by atoms with Crippen molar-refractivity contribution in [2.75, 3.05) is 13.2 Å². The molecule has 1 amide bonds. The van der Waals surface area contributed by atoms with Crippen LogP contribution < -0.4 is 20.5 Å². The van der Waals surface area contributed by atoms with Crippen molar-refractivity contribution >= 4 is 51.4 Å². The van der Waals surface area contributed by atoms with Crippen molar-refractivity contribution in [1.82, 2.24) is 5.32 Å². The number of hydrogen-bond donors (Lipinski definition) is 6. The van der Waals surface area contributed by atoms with Gasteiger partial charge < -0.3 is 35.8 Å².